The van der Waals surface area contributed by atoms with Gasteiger partial charge in [0.25, 0.3) is 0 Å². The van der Waals surface area contributed by atoms with Crippen LogP contribution in [0.2, 0.25) is 0 Å². The lowest BCUT2D eigenvalue weighted by Gasteiger charge is -2.32. The van der Waals surface area contributed by atoms with Crippen LogP contribution >= 0.6 is 0 Å². The molecule has 1 aliphatic heterocycles. The molecular weight excluding hydrogens is 478 g/mol. The minimum Gasteiger partial charge on any atom is -0.383 e. The molecule has 9 nitrogen and oxygen atoms in total. The Hall–Kier alpha value is -4.84. The molecule has 0 aliphatic carbocycles. The van der Waals surface area contributed by atoms with Crippen LogP contribution in [-0.2, 0) is 11.2 Å². The van der Waals surface area contributed by atoms with E-state index in [0.717, 1.165) is 24.0 Å². The monoisotopic (exact) mass is 505 g/mol. The lowest BCUT2D eigenvalue weighted by molar-refractivity contribution is -0.127. The summed E-state index contributed by atoms with van der Waals surface area (Å²) in [5.74, 6) is 0.207. The number of nitrogens with two attached hydrogens (primary N) is 1. The summed E-state index contributed by atoms with van der Waals surface area (Å²) in [5.41, 5.74) is 10.3. The number of Topliss-reactive ketones (excluding diaryl/α,β-unsaturated/α-hetero) is 1. The Morgan fingerprint density at radius 2 is 1.95 bits per heavy atom. The predicted molar refractivity (Wildman–Crippen MR) is 146 cm³/mol. The number of benzene rings is 2. The number of carbonyl (C=O) groups is 2. The number of aryl methyl sites for hydroxylation is 1. The van der Waals surface area contributed by atoms with E-state index in [9.17, 15) is 9.59 Å². The first-order chi connectivity index (χ1) is 18.5. The average molecular weight is 506 g/mol. The molecule has 2 aromatic carbocycles. The topological polar surface area (TPSA) is 111 Å². The van der Waals surface area contributed by atoms with Crippen molar-refractivity contribution in [3.8, 4) is 11.3 Å². The van der Waals surface area contributed by atoms with Gasteiger partial charge < -0.3 is 10.6 Å². The average Bonchev–Trinajstić information content (AvgIpc) is 3.37. The molecule has 5 rings (SSSR count). The van der Waals surface area contributed by atoms with Gasteiger partial charge >= 0.3 is 0 Å². The van der Waals surface area contributed by atoms with Crippen molar-refractivity contribution in [1.82, 2.24) is 24.6 Å². The van der Waals surface area contributed by atoms with Crippen LogP contribution in [0.4, 0.5) is 11.5 Å². The van der Waals surface area contributed by atoms with Crippen molar-refractivity contribution in [2.24, 2.45) is 0 Å². The fourth-order valence-electron chi connectivity index (χ4n) is 4.96. The molecule has 9 heteroatoms. The first-order valence-electron chi connectivity index (χ1n) is 12.5. The molecule has 4 aromatic rings. The zero-order chi connectivity index (χ0) is 26.6. The highest BCUT2D eigenvalue weighted by Crippen LogP contribution is 2.34. The number of nitrogens with zero attached hydrogens (tertiary/aromatic N) is 6. The SMILES string of the molecule is [C-]#[N+]c1ccccc1C(=O)CCc1ccc(-c2nn(C3CCCN(C(=O)C=C)C3)c3ncnc(N)c23)cc1. The van der Waals surface area contributed by atoms with Crippen LogP contribution in [0.1, 0.15) is 41.2 Å². The largest absolute Gasteiger partial charge is 0.383 e. The Labute approximate surface area is 220 Å². The third kappa shape index (κ3) is 4.76. The van der Waals surface area contributed by atoms with E-state index in [0.29, 0.717) is 59.7 Å². The molecule has 1 aliphatic rings. The number of likely N-dealkylation sites (tertiary alicyclic amines) is 1. The molecule has 38 heavy (non-hydrogen) atoms. The van der Waals surface area contributed by atoms with E-state index in [1.54, 1.807) is 29.2 Å². The number of para-hydroxylation sites is 1. The second-order valence-electron chi connectivity index (χ2n) is 9.28. The molecule has 1 fully saturated rings. The van der Waals surface area contributed by atoms with E-state index >= 15 is 0 Å². The standard InChI is InChI=1S/C29H27N7O2/c1-3-25(38)35-16-6-7-21(17-35)36-29-26(28(30)32-18-33-29)27(34-36)20-13-10-19(11-14-20)12-15-24(37)22-8-4-5-9-23(22)31-2/h3-5,8-11,13-14,18,21H,1,6-7,12,15-17H2,(H2,30,32,33). The number of hydrogen-bond donors (Lipinski definition) is 1. The summed E-state index contributed by atoms with van der Waals surface area (Å²) in [5, 5.41) is 5.59. The predicted octanol–water partition coefficient (Wildman–Crippen LogP) is 4.79. The first kappa shape index (κ1) is 24.8. The summed E-state index contributed by atoms with van der Waals surface area (Å²) in [6, 6.07) is 14.7. The Balaban J connectivity index is 1.39. The van der Waals surface area contributed by atoms with Crippen LogP contribution in [0.25, 0.3) is 27.1 Å². The summed E-state index contributed by atoms with van der Waals surface area (Å²) < 4.78 is 1.87. The van der Waals surface area contributed by atoms with E-state index in [4.69, 9.17) is 17.4 Å². The maximum atomic E-state index is 12.7. The zero-order valence-electron chi connectivity index (χ0n) is 20.9. The fourth-order valence-corrected chi connectivity index (χ4v) is 4.96. The van der Waals surface area contributed by atoms with Gasteiger partial charge in [-0.2, -0.15) is 5.10 Å². The van der Waals surface area contributed by atoms with E-state index in [2.05, 4.69) is 21.4 Å². The van der Waals surface area contributed by atoms with Crippen molar-refractivity contribution in [3.63, 3.8) is 0 Å². The van der Waals surface area contributed by atoms with Crippen LogP contribution < -0.4 is 5.73 Å². The number of carbonyl (C=O) groups excluding carboxylic acids is 2. The van der Waals surface area contributed by atoms with Crippen LogP contribution in [0.5, 0.6) is 0 Å². The second-order valence-corrected chi connectivity index (χ2v) is 9.28. The van der Waals surface area contributed by atoms with Crippen molar-refractivity contribution in [2.75, 3.05) is 18.8 Å². The molecule has 1 saturated heterocycles. The maximum Gasteiger partial charge on any atom is 0.246 e. The normalized spacial score (nSPS) is 15.2. The fraction of sp³-hybridized carbons (Fsp3) is 0.241. The van der Waals surface area contributed by atoms with Crippen LogP contribution in [0.3, 0.4) is 0 Å². The van der Waals surface area contributed by atoms with Crippen molar-refractivity contribution < 1.29 is 9.59 Å². The summed E-state index contributed by atoms with van der Waals surface area (Å²) in [6.45, 7) is 12.1. The van der Waals surface area contributed by atoms with Gasteiger partial charge in [0.1, 0.15) is 17.8 Å². The van der Waals surface area contributed by atoms with Crippen LogP contribution in [0, 0.1) is 6.57 Å². The molecule has 0 radical (unpaired) electrons. The molecule has 3 heterocycles. The minimum absolute atomic E-state index is 0.0400. The van der Waals surface area contributed by atoms with Gasteiger partial charge in [-0.1, -0.05) is 55.1 Å². The lowest BCUT2D eigenvalue weighted by atomic mass is 10.00. The number of nitrogen functional groups attached to an aromatic ring is 1. The van der Waals surface area contributed by atoms with E-state index in [1.165, 1.54) is 12.4 Å². The molecule has 2 N–H and O–H groups in total. The quantitative estimate of drug-likeness (QED) is 0.220. The van der Waals surface area contributed by atoms with Gasteiger partial charge in [-0.15, -0.1) is 0 Å². The van der Waals surface area contributed by atoms with E-state index in [1.807, 2.05) is 28.9 Å². The van der Waals surface area contributed by atoms with Gasteiger partial charge in [0.2, 0.25) is 5.91 Å². The molecule has 1 unspecified atom stereocenters. The van der Waals surface area contributed by atoms with E-state index in [-0.39, 0.29) is 17.7 Å². The van der Waals surface area contributed by atoms with Gasteiger partial charge in [0.05, 0.1) is 18.0 Å². The van der Waals surface area contributed by atoms with Gasteiger partial charge in [0.15, 0.2) is 17.1 Å². The number of amides is 1. The summed E-state index contributed by atoms with van der Waals surface area (Å²) >= 11 is 0. The minimum atomic E-state index is -0.0906. The summed E-state index contributed by atoms with van der Waals surface area (Å²) in [4.78, 5) is 38.8. The van der Waals surface area contributed by atoms with Crippen LogP contribution in [-0.4, -0.2) is 49.4 Å². The molecule has 0 bridgehead atoms. The molecule has 0 spiro atoms. The number of piperidine rings is 1. The second kappa shape index (κ2) is 10.6. The van der Waals surface area contributed by atoms with Crippen LogP contribution in [0.15, 0.2) is 67.5 Å². The Kier molecular flexibility index (Phi) is 6.96. The number of aromatic nitrogens is 4. The number of rotatable bonds is 7. The number of fused-ring (bicyclic) bond motifs is 1. The number of hydrogen-bond acceptors (Lipinski definition) is 6. The highest BCUT2D eigenvalue weighted by atomic mass is 16.2. The Bertz CT molecular complexity index is 1570. The molecule has 1 amide bonds. The number of anilines is 1. The van der Waals surface area contributed by atoms with E-state index < -0.39 is 0 Å². The highest BCUT2D eigenvalue weighted by Gasteiger charge is 2.28. The smallest absolute Gasteiger partial charge is 0.246 e. The van der Waals surface area contributed by atoms with Gasteiger partial charge in [-0.25, -0.2) is 19.5 Å². The van der Waals surface area contributed by atoms with Gasteiger partial charge in [-0.05, 0) is 30.9 Å². The highest BCUT2D eigenvalue weighted by molar-refractivity contribution is 6.01. The van der Waals surface area contributed by atoms with Gasteiger partial charge in [0, 0.05) is 30.6 Å². The van der Waals surface area contributed by atoms with Crippen molar-refractivity contribution in [2.45, 2.75) is 31.7 Å². The maximum absolute atomic E-state index is 12.7. The molecular formula is C29H27N7O2. The summed E-state index contributed by atoms with van der Waals surface area (Å²) in [7, 11) is 0. The van der Waals surface area contributed by atoms with Crippen molar-refractivity contribution in [1.29, 1.82) is 0 Å². The molecule has 0 saturated carbocycles. The van der Waals surface area contributed by atoms with Crippen molar-refractivity contribution >= 4 is 34.2 Å². The number of ketones is 1. The van der Waals surface area contributed by atoms with Crippen molar-refractivity contribution in [3.05, 3.63) is 90.1 Å². The summed E-state index contributed by atoms with van der Waals surface area (Å²) in [6.07, 6.45) is 5.36. The third-order valence-corrected chi connectivity index (χ3v) is 6.94. The Morgan fingerprint density at radius 1 is 1.16 bits per heavy atom. The first-order valence-corrected chi connectivity index (χ1v) is 12.5. The van der Waals surface area contributed by atoms with Gasteiger partial charge in [-0.3, -0.25) is 9.59 Å². The Morgan fingerprint density at radius 3 is 2.71 bits per heavy atom. The molecule has 2 aromatic heterocycles. The lowest BCUT2D eigenvalue weighted by Crippen LogP contribution is -2.40. The molecule has 1 atom stereocenters. The third-order valence-electron chi connectivity index (χ3n) is 6.94. The zero-order valence-corrected chi connectivity index (χ0v) is 20.9. The molecule has 190 valence electrons.